The van der Waals surface area contributed by atoms with Crippen molar-refractivity contribution < 1.29 is 0 Å². The highest BCUT2D eigenvalue weighted by Crippen LogP contribution is 2.31. The molecular formula is C19H19ClN4O. The summed E-state index contributed by atoms with van der Waals surface area (Å²) in [6.07, 6.45) is 4.14. The molecule has 25 heavy (non-hydrogen) atoms. The summed E-state index contributed by atoms with van der Waals surface area (Å²) in [4.78, 5) is 21.3. The van der Waals surface area contributed by atoms with Gasteiger partial charge in [0.2, 0.25) is 5.95 Å². The lowest BCUT2D eigenvalue weighted by Gasteiger charge is -2.15. The summed E-state index contributed by atoms with van der Waals surface area (Å²) in [5, 5.41) is 4.89. The van der Waals surface area contributed by atoms with E-state index >= 15 is 0 Å². The molecule has 3 aromatic rings. The van der Waals surface area contributed by atoms with Crippen LogP contribution in [0.1, 0.15) is 31.4 Å². The fraction of sp³-hybridized carbons (Fsp3) is 0.316. The van der Waals surface area contributed by atoms with E-state index < -0.39 is 0 Å². The second-order valence-electron chi connectivity index (χ2n) is 6.62. The zero-order chi connectivity index (χ0) is 17.4. The topological polar surface area (TPSA) is 59.8 Å². The number of rotatable bonds is 5. The zero-order valence-corrected chi connectivity index (χ0v) is 14.7. The largest absolute Gasteiger partial charge is 0.348 e. The summed E-state index contributed by atoms with van der Waals surface area (Å²) >= 11 is 5.94. The molecule has 128 valence electrons. The minimum atomic E-state index is -0.00482. The van der Waals surface area contributed by atoms with Gasteiger partial charge in [0.15, 0.2) is 0 Å². The molecular weight excluding hydrogens is 336 g/mol. The maximum absolute atomic E-state index is 12.3. The molecule has 0 bridgehead atoms. The van der Waals surface area contributed by atoms with Crippen LogP contribution in [0.5, 0.6) is 0 Å². The Morgan fingerprint density at radius 1 is 1.24 bits per heavy atom. The summed E-state index contributed by atoms with van der Waals surface area (Å²) in [5.41, 5.74) is 1.78. The Morgan fingerprint density at radius 2 is 2.00 bits per heavy atom. The number of halogens is 1. The minimum Gasteiger partial charge on any atom is -0.348 e. The van der Waals surface area contributed by atoms with E-state index in [0.717, 1.165) is 17.5 Å². The number of hydrogen-bond donors (Lipinski definition) is 1. The third-order valence-corrected chi connectivity index (χ3v) is 4.83. The van der Waals surface area contributed by atoms with Gasteiger partial charge in [-0.2, -0.15) is 4.98 Å². The Kier molecular flexibility index (Phi) is 4.17. The number of nitrogens with zero attached hydrogens (tertiary/aromatic N) is 3. The van der Waals surface area contributed by atoms with Crippen LogP contribution in [0, 0.1) is 5.92 Å². The van der Waals surface area contributed by atoms with Crippen molar-refractivity contribution >= 4 is 28.6 Å². The highest BCUT2D eigenvalue weighted by molar-refractivity contribution is 6.30. The predicted octanol–water partition coefficient (Wildman–Crippen LogP) is 4.03. The predicted molar refractivity (Wildman–Crippen MR) is 100 cm³/mol. The quantitative estimate of drug-likeness (QED) is 0.751. The molecule has 1 saturated carbocycles. The minimum absolute atomic E-state index is 0.00482. The van der Waals surface area contributed by atoms with Gasteiger partial charge in [-0.05, 0) is 49.4 Å². The van der Waals surface area contributed by atoms with Gasteiger partial charge in [0.05, 0.1) is 6.04 Å². The molecule has 0 amide bonds. The van der Waals surface area contributed by atoms with Gasteiger partial charge in [-0.15, -0.1) is 0 Å². The average molecular weight is 355 g/mol. The summed E-state index contributed by atoms with van der Waals surface area (Å²) in [5.74, 6) is 1.12. The Labute approximate surface area is 150 Å². The zero-order valence-electron chi connectivity index (χ0n) is 13.9. The van der Waals surface area contributed by atoms with Crippen LogP contribution in [0.2, 0.25) is 5.02 Å². The molecule has 0 radical (unpaired) electrons. The number of fused-ring (bicyclic) bond motifs is 1. The third-order valence-electron chi connectivity index (χ3n) is 4.58. The van der Waals surface area contributed by atoms with Crippen molar-refractivity contribution in [2.75, 3.05) is 5.32 Å². The fourth-order valence-corrected chi connectivity index (χ4v) is 3.03. The number of benzene rings is 1. The van der Waals surface area contributed by atoms with Crippen LogP contribution in [-0.4, -0.2) is 14.5 Å². The van der Waals surface area contributed by atoms with E-state index in [0.29, 0.717) is 22.5 Å². The van der Waals surface area contributed by atoms with Crippen molar-refractivity contribution in [3.63, 3.8) is 0 Å². The third kappa shape index (κ3) is 3.51. The van der Waals surface area contributed by atoms with Crippen molar-refractivity contribution in [3.8, 4) is 0 Å². The lowest BCUT2D eigenvalue weighted by molar-refractivity contribution is 0.621. The molecule has 6 heteroatoms. The Balaban J connectivity index is 1.65. The molecule has 4 rings (SSSR count). The van der Waals surface area contributed by atoms with Crippen LogP contribution in [0.25, 0.3) is 11.0 Å². The molecule has 1 fully saturated rings. The first-order valence-electron chi connectivity index (χ1n) is 8.49. The molecule has 0 saturated heterocycles. The molecule has 1 N–H and O–H groups in total. The van der Waals surface area contributed by atoms with Crippen LogP contribution in [0.4, 0.5) is 5.95 Å². The van der Waals surface area contributed by atoms with Gasteiger partial charge >= 0.3 is 0 Å². The van der Waals surface area contributed by atoms with E-state index in [2.05, 4.69) is 15.3 Å². The number of aromatic nitrogens is 3. The van der Waals surface area contributed by atoms with Crippen molar-refractivity contribution in [1.82, 2.24) is 14.5 Å². The molecule has 0 unspecified atom stereocenters. The fourth-order valence-electron chi connectivity index (χ4n) is 2.90. The second kappa shape index (κ2) is 6.48. The number of pyridine rings is 1. The number of hydrogen-bond acceptors (Lipinski definition) is 4. The Bertz CT molecular complexity index is 963. The summed E-state index contributed by atoms with van der Waals surface area (Å²) in [6.45, 7) is 2.78. The van der Waals surface area contributed by atoms with Gasteiger partial charge in [0.25, 0.3) is 5.56 Å². The molecule has 2 heterocycles. The van der Waals surface area contributed by atoms with Crippen LogP contribution >= 0.6 is 11.6 Å². The Morgan fingerprint density at radius 3 is 2.72 bits per heavy atom. The monoisotopic (exact) mass is 354 g/mol. The van der Waals surface area contributed by atoms with E-state index in [1.54, 1.807) is 22.9 Å². The van der Waals surface area contributed by atoms with E-state index in [1.165, 1.54) is 12.8 Å². The number of nitrogens with one attached hydrogen (secondary N) is 1. The maximum atomic E-state index is 12.3. The molecule has 1 aromatic carbocycles. The van der Waals surface area contributed by atoms with E-state index in [9.17, 15) is 4.79 Å². The second-order valence-corrected chi connectivity index (χ2v) is 7.05. The van der Waals surface area contributed by atoms with Crippen LogP contribution in [0.3, 0.4) is 0 Å². The summed E-state index contributed by atoms with van der Waals surface area (Å²) in [7, 11) is 0. The van der Waals surface area contributed by atoms with Gasteiger partial charge in [-0.3, -0.25) is 9.36 Å². The van der Waals surface area contributed by atoms with E-state index in [4.69, 9.17) is 11.6 Å². The molecule has 1 aliphatic rings. The molecule has 1 atom stereocenters. The average Bonchev–Trinajstić information content (AvgIpc) is 3.42. The van der Waals surface area contributed by atoms with Crippen LogP contribution in [0.15, 0.2) is 47.4 Å². The van der Waals surface area contributed by atoms with Gasteiger partial charge in [-0.1, -0.05) is 23.7 Å². The van der Waals surface area contributed by atoms with Crippen molar-refractivity contribution in [2.45, 2.75) is 32.4 Å². The first-order valence-corrected chi connectivity index (χ1v) is 8.86. The Hall–Kier alpha value is -2.40. The smallest absolute Gasteiger partial charge is 0.252 e. The van der Waals surface area contributed by atoms with Crippen LogP contribution < -0.4 is 10.9 Å². The van der Waals surface area contributed by atoms with Crippen molar-refractivity contribution in [3.05, 3.63) is 63.5 Å². The van der Waals surface area contributed by atoms with Crippen molar-refractivity contribution in [1.29, 1.82) is 0 Å². The van der Waals surface area contributed by atoms with Gasteiger partial charge in [0, 0.05) is 29.2 Å². The van der Waals surface area contributed by atoms with Crippen LogP contribution in [-0.2, 0) is 6.54 Å². The maximum Gasteiger partial charge on any atom is 0.252 e. The standard InChI is InChI=1S/C19H19ClN4O/c1-12(14-4-7-16(20)8-5-14)22-19-21-10-15-6-9-17(25)24(18(15)23-19)11-13-2-3-13/h4-10,12-13H,2-3,11H2,1H3,(H,21,22,23)/t12-/m0/s1. The SMILES string of the molecule is C[C@H](Nc1ncc2ccc(=O)n(CC3CC3)c2n1)c1ccc(Cl)cc1. The summed E-state index contributed by atoms with van der Waals surface area (Å²) in [6, 6.07) is 11.1. The molecule has 2 aromatic heterocycles. The van der Waals surface area contributed by atoms with E-state index in [-0.39, 0.29) is 11.6 Å². The van der Waals surface area contributed by atoms with E-state index in [1.807, 2.05) is 31.2 Å². The molecule has 0 aliphatic heterocycles. The lowest BCUT2D eigenvalue weighted by atomic mass is 10.1. The normalized spacial score (nSPS) is 15.3. The first-order chi connectivity index (χ1) is 12.1. The first kappa shape index (κ1) is 16.1. The number of anilines is 1. The molecule has 5 nitrogen and oxygen atoms in total. The van der Waals surface area contributed by atoms with Gasteiger partial charge in [-0.25, -0.2) is 4.98 Å². The highest BCUT2D eigenvalue weighted by atomic mass is 35.5. The van der Waals surface area contributed by atoms with Gasteiger partial charge < -0.3 is 5.32 Å². The highest BCUT2D eigenvalue weighted by Gasteiger charge is 2.23. The lowest BCUT2D eigenvalue weighted by Crippen LogP contribution is -2.21. The molecule has 0 spiro atoms. The van der Waals surface area contributed by atoms with Crippen molar-refractivity contribution in [2.24, 2.45) is 5.92 Å². The molecule has 1 aliphatic carbocycles. The summed E-state index contributed by atoms with van der Waals surface area (Å²) < 4.78 is 1.77. The van der Waals surface area contributed by atoms with Gasteiger partial charge in [0.1, 0.15) is 5.65 Å².